The fraction of sp³-hybridized carbons (Fsp3) is 0.533. The Kier molecular flexibility index (Phi) is 5.83. The Bertz CT molecular complexity index is 400. The van der Waals surface area contributed by atoms with E-state index < -0.39 is 0 Å². The smallest absolute Gasteiger partial charge is 0.220 e. The van der Waals surface area contributed by atoms with Crippen LogP contribution in [0.5, 0.6) is 0 Å². The van der Waals surface area contributed by atoms with E-state index in [9.17, 15) is 4.79 Å². The highest BCUT2D eigenvalue weighted by atomic mass is 16.1. The van der Waals surface area contributed by atoms with Crippen molar-refractivity contribution < 1.29 is 4.79 Å². The van der Waals surface area contributed by atoms with Crippen LogP contribution in [0.25, 0.3) is 0 Å². The first kappa shape index (κ1) is 15.5. The second-order valence-electron chi connectivity index (χ2n) is 5.50. The number of amides is 1. The molecule has 3 N–H and O–H groups in total. The number of anilines is 1. The summed E-state index contributed by atoms with van der Waals surface area (Å²) in [7, 11) is 4.00. The van der Waals surface area contributed by atoms with Gasteiger partial charge in [-0.25, -0.2) is 0 Å². The van der Waals surface area contributed by atoms with Crippen LogP contribution >= 0.6 is 0 Å². The highest BCUT2D eigenvalue weighted by Gasteiger charge is 2.13. The molecule has 1 aromatic rings. The van der Waals surface area contributed by atoms with Gasteiger partial charge >= 0.3 is 0 Å². The van der Waals surface area contributed by atoms with Crippen LogP contribution in [-0.4, -0.2) is 37.5 Å². The summed E-state index contributed by atoms with van der Waals surface area (Å²) in [5, 5.41) is 3.02. The van der Waals surface area contributed by atoms with Crippen LogP contribution < -0.4 is 11.1 Å². The maximum absolute atomic E-state index is 11.9. The molecular weight excluding hydrogens is 238 g/mol. The fourth-order valence-corrected chi connectivity index (χ4v) is 2.15. The van der Waals surface area contributed by atoms with Gasteiger partial charge in [0, 0.05) is 24.7 Å². The third-order valence-corrected chi connectivity index (χ3v) is 3.04. The average molecular weight is 263 g/mol. The minimum Gasteiger partial charge on any atom is -0.399 e. The minimum absolute atomic E-state index is 0.0960. The zero-order valence-corrected chi connectivity index (χ0v) is 12.3. The van der Waals surface area contributed by atoms with Crippen LogP contribution in [0.4, 0.5) is 5.69 Å². The summed E-state index contributed by atoms with van der Waals surface area (Å²) in [5.41, 5.74) is 7.55. The van der Waals surface area contributed by atoms with Crippen LogP contribution in [0.3, 0.4) is 0 Å². The van der Waals surface area contributed by atoms with Gasteiger partial charge in [0.05, 0.1) is 0 Å². The summed E-state index contributed by atoms with van der Waals surface area (Å²) in [4.78, 5) is 14.0. The highest BCUT2D eigenvalue weighted by molar-refractivity contribution is 5.77. The third-order valence-electron chi connectivity index (χ3n) is 3.04. The molecule has 19 heavy (non-hydrogen) atoms. The number of hydrogen-bond donors (Lipinski definition) is 2. The SMILES string of the molecule is CC(CN(C)C)NC(=O)CC(C)c1ccc(N)cc1. The first-order valence-electron chi connectivity index (χ1n) is 6.68. The van der Waals surface area contributed by atoms with Crippen LogP contribution in [0.1, 0.15) is 31.7 Å². The van der Waals surface area contributed by atoms with Crippen molar-refractivity contribution in [2.75, 3.05) is 26.4 Å². The quantitative estimate of drug-likeness (QED) is 0.770. The molecule has 4 nitrogen and oxygen atoms in total. The van der Waals surface area contributed by atoms with Gasteiger partial charge < -0.3 is 16.0 Å². The molecule has 0 radical (unpaired) electrons. The Hall–Kier alpha value is -1.55. The lowest BCUT2D eigenvalue weighted by Gasteiger charge is -2.19. The number of nitrogens with one attached hydrogen (secondary N) is 1. The second kappa shape index (κ2) is 7.14. The van der Waals surface area contributed by atoms with Crippen molar-refractivity contribution in [3.05, 3.63) is 29.8 Å². The molecule has 0 aliphatic rings. The largest absolute Gasteiger partial charge is 0.399 e. The van der Waals surface area contributed by atoms with E-state index in [-0.39, 0.29) is 17.9 Å². The molecule has 1 rings (SSSR count). The zero-order valence-electron chi connectivity index (χ0n) is 12.3. The molecule has 2 atom stereocenters. The number of likely N-dealkylation sites (N-methyl/N-ethyl adjacent to an activating group) is 1. The number of nitrogens with zero attached hydrogens (tertiary/aromatic N) is 1. The summed E-state index contributed by atoms with van der Waals surface area (Å²) in [6.07, 6.45) is 0.502. The lowest BCUT2D eigenvalue weighted by molar-refractivity contribution is -0.122. The van der Waals surface area contributed by atoms with Crippen molar-refractivity contribution in [3.63, 3.8) is 0 Å². The maximum atomic E-state index is 11.9. The Labute approximate surface area is 116 Å². The van der Waals surface area contributed by atoms with Gasteiger partial charge in [0.25, 0.3) is 0 Å². The number of benzene rings is 1. The standard InChI is InChI=1S/C15H25N3O/c1-11(13-5-7-14(16)8-6-13)9-15(19)17-12(2)10-18(3)4/h5-8,11-12H,9-10,16H2,1-4H3,(H,17,19). The molecule has 0 saturated heterocycles. The molecule has 1 aromatic carbocycles. The predicted molar refractivity (Wildman–Crippen MR) is 80.0 cm³/mol. The van der Waals surface area contributed by atoms with Gasteiger partial charge in [0.15, 0.2) is 0 Å². The van der Waals surface area contributed by atoms with E-state index in [1.807, 2.05) is 45.3 Å². The molecule has 0 fully saturated rings. The molecule has 1 amide bonds. The zero-order chi connectivity index (χ0) is 14.4. The van der Waals surface area contributed by atoms with Gasteiger partial charge in [-0.2, -0.15) is 0 Å². The maximum Gasteiger partial charge on any atom is 0.220 e. The topological polar surface area (TPSA) is 58.4 Å². The lowest BCUT2D eigenvalue weighted by atomic mass is 9.97. The van der Waals surface area contributed by atoms with Crippen molar-refractivity contribution in [1.29, 1.82) is 0 Å². The van der Waals surface area contributed by atoms with Crippen molar-refractivity contribution in [1.82, 2.24) is 10.2 Å². The van der Waals surface area contributed by atoms with Crippen LogP contribution in [0.15, 0.2) is 24.3 Å². The van der Waals surface area contributed by atoms with E-state index >= 15 is 0 Å². The summed E-state index contributed by atoms with van der Waals surface area (Å²) < 4.78 is 0. The van der Waals surface area contributed by atoms with E-state index in [0.29, 0.717) is 6.42 Å². The predicted octanol–water partition coefficient (Wildman–Crippen LogP) is 1.83. The normalized spacial score (nSPS) is 14.2. The van der Waals surface area contributed by atoms with E-state index in [1.54, 1.807) is 0 Å². The molecular formula is C15H25N3O. The monoisotopic (exact) mass is 263 g/mol. The van der Waals surface area contributed by atoms with Crippen LogP contribution in [-0.2, 0) is 4.79 Å². The molecule has 0 aliphatic carbocycles. The first-order valence-corrected chi connectivity index (χ1v) is 6.68. The van der Waals surface area contributed by atoms with Crippen molar-refractivity contribution in [3.8, 4) is 0 Å². The Morgan fingerprint density at radius 2 is 1.84 bits per heavy atom. The molecule has 2 unspecified atom stereocenters. The summed E-state index contributed by atoms with van der Waals surface area (Å²) in [6.45, 7) is 4.93. The summed E-state index contributed by atoms with van der Waals surface area (Å²) >= 11 is 0. The summed E-state index contributed by atoms with van der Waals surface area (Å²) in [5.74, 6) is 0.297. The Morgan fingerprint density at radius 1 is 1.26 bits per heavy atom. The Balaban J connectivity index is 2.45. The molecule has 106 valence electrons. The number of hydrogen-bond acceptors (Lipinski definition) is 3. The molecule has 0 heterocycles. The number of carbonyl (C=O) groups excluding carboxylic acids is 1. The molecule has 0 saturated carbocycles. The van der Waals surface area contributed by atoms with E-state index in [4.69, 9.17) is 5.73 Å². The number of rotatable bonds is 6. The Morgan fingerprint density at radius 3 is 2.37 bits per heavy atom. The molecule has 4 heteroatoms. The van der Waals surface area contributed by atoms with Crippen molar-refractivity contribution in [2.24, 2.45) is 0 Å². The van der Waals surface area contributed by atoms with E-state index in [1.165, 1.54) is 0 Å². The van der Waals surface area contributed by atoms with Crippen LogP contribution in [0, 0.1) is 0 Å². The van der Waals surface area contributed by atoms with Crippen molar-refractivity contribution >= 4 is 11.6 Å². The molecule has 0 spiro atoms. The average Bonchev–Trinajstić information content (AvgIpc) is 2.27. The number of carbonyl (C=O) groups is 1. The van der Waals surface area contributed by atoms with E-state index in [0.717, 1.165) is 17.8 Å². The van der Waals surface area contributed by atoms with Gasteiger partial charge in [-0.05, 0) is 44.6 Å². The highest BCUT2D eigenvalue weighted by Crippen LogP contribution is 2.19. The van der Waals surface area contributed by atoms with Gasteiger partial charge in [0.1, 0.15) is 0 Å². The van der Waals surface area contributed by atoms with Gasteiger partial charge in [-0.1, -0.05) is 19.1 Å². The third kappa shape index (κ3) is 5.75. The van der Waals surface area contributed by atoms with Gasteiger partial charge in [-0.15, -0.1) is 0 Å². The second-order valence-corrected chi connectivity index (χ2v) is 5.50. The lowest BCUT2D eigenvalue weighted by Crippen LogP contribution is -2.39. The van der Waals surface area contributed by atoms with Crippen molar-refractivity contribution in [2.45, 2.75) is 32.2 Å². The molecule has 0 aromatic heterocycles. The van der Waals surface area contributed by atoms with Gasteiger partial charge in [-0.3, -0.25) is 4.79 Å². The first-order chi connectivity index (χ1) is 8.88. The summed E-state index contributed by atoms with van der Waals surface area (Å²) in [6, 6.07) is 7.88. The minimum atomic E-state index is 0.0960. The van der Waals surface area contributed by atoms with Crippen LogP contribution in [0.2, 0.25) is 0 Å². The fourth-order valence-electron chi connectivity index (χ4n) is 2.15. The molecule has 0 bridgehead atoms. The van der Waals surface area contributed by atoms with E-state index in [2.05, 4.69) is 17.1 Å². The number of nitrogens with two attached hydrogens (primary N) is 1. The number of nitrogen functional groups attached to an aromatic ring is 1. The van der Waals surface area contributed by atoms with Gasteiger partial charge in [0.2, 0.25) is 5.91 Å². The molecule has 0 aliphatic heterocycles.